The van der Waals surface area contributed by atoms with Crippen molar-refractivity contribution in [1.82, 2.24) is 20.9 Å². The molecule has 176 valence electrons. The Morgan fingerprint density at radius 3 is 1.87 bits per heavy atom. The third kappa shape index (κ3) is 13.9. The lowest BCUT2D eigenvalue weighted by Gasteiger charge is -2.08. The van der Waals surface area contributed by atoms with Crippen LogP contribution in [0, 0.1) is 13.8 Å². The van der Waals surface area contributed by atoms with E-state index in [2.05, 4.69) is 54.1 Å². The second-order valence-electron chi connectivity index (χ2n) is 8.36. The minimum atomic E-state index is 0.0833. The van der Waals surface area contributed by atoms with E-state index in [1.807, 2.05) is 6.92 Å². The van der Waals surface area contributed by atoms with Crippen LogP contribution in [0.2, 0.25) is 0 Å². The molecule has 3 aliphatic rings. The molecule has 6 heteroatoms. The predicted octanol–water partition coefficient (Wildman–Crippen LogP) is 3.18. The number of rotatable bonds is 3. The summed E-state index contributed by atoms with van der Waals surface area (Å²) in [7, 11) is 0. The van der Waals surface area contributed by atoms with Crippen LogP contribution in [0.3, 0.4) is 0 Å². The number of nitrogens with one attached hydrogen (secondary N) is 3. The molecule has 3 N–H and O–H groups in total. The molecule has 0 saturated carbocycles. The fraction of sp³-hybridized carbons (Fsp3) is 0.680. The number of amides is 2. The summed E-state index contributed by atoms with van der Waals surface area (Å²) in [4.78, 5) is 22.8. The van der Waals surface area contributed by atoms with Crippen molar-refractivity contribution in [3.63, 3.8) is 0 Å². The molecule has 6 nitrogen and oxygen atoms in total. The third-order valence-electron chi connectivity index (χ3n) is 5.44. The molecule has 3 aliphatic heterocycles. The summed E-state index contributed by atoms with van der Waals surface area (Å²) in [6.45, 7) is 12.3. The van der Waals surface area contributed by atoms with Gasteiger partial charge in [-0.25, -0.2) is 0 Å². The first-order valence-electron chi connectivity index (χ1n) is 12.0. The van der Waals surface area contributed by atoms with Gasteiger partial charge in [-0.3, -0.25) is 9.59 Å². The van der Waals surface area contributed by atoms with Gasteiger partial charge in [0.15, 0.2) is 0 Å². The predicted molar refractivity (Wildman–Crippen MR) is 129 cm³/mol. The van der Waals surface area contributed by atoms with Crippen LogP contribution in [0.15, 0.2) is 24.3 Å². The number of nitrogens with zero attached hydrogens (tertiary/aromatic N) is 1. The zero-order chi connectivity index (χ0) is 22.7. The summed E-state index contributed by atoms with van der Waals surface area (Å²) < 4.78 is 0. The minimum Gasteiger partial charge on any atom is -0.355 e. The van der Waals surface area contributed by atoms with Crippen LogP contribution in [0.4, 0.5) is 0 Å². The van der Waals surface area contributed by atoms with E-state index in [1.165, 1.54) is 56.3 Å². The lowest BCUT2D eigenvalue weighted by Crippen LogP contribution is -2.40. The zero-order valence-corrected chi connectivity index (χ0v) is 19.9. The molecule has 0 spiro atoms. The highest BCUT2D eigenvalue weighted by atomic mass is 16.2. The average molecular weight is 433 g/mol. The molecule has 1 aromatic rings. The van der Waals surface area contributed by atoms with Crippen molar-refractivity contribution in [2.75, 3.05) is 39.3 Å². The van der Waals surface area contributed by atoms with E-state index in [1.54, 1.807) is 4.90 Å². The van der Waals surface area contributed by atoms with Crippen molar-refractivity contribution >= 4 is 12.3 Å². The molecule has 0 radical (unpaired) electrons. The number of likely N-dealkylation sites (tertiary alicyclic amines) is 1. The molecule has 31 heavy (non-hydrogen) atoms. The summed E-state index contributed by atoms with van der Waals surface area (Å²) in [6, 6.07) is 8.56. The van der Waals surface area contributed by atoms with E-state index in [-0.39, 0.29) is 11.9 Å². The molecular weight excluding hydrogens is 388 g/mol. The normalized spacial score (nSPS) is 19.6. The lowest BCUT2D eigenvalue weighted by molar-refractivity contribution is -0.122. The Balaban J connectivity index is 0.000000210. The Morgan fingerprint density at radius 1 is 0.968 bits per heavy atom. The summed E-state index contributed by atoms with van der Waals surface area (Å²) in [5.74, 6) is 0.153. The van der Waals surface area contributed by atoms with Crippen molar-refractivity contribution in [1.29, 1.82) is 0 Å². The monoisotopic (exact) mass is 432 g/mol. The van der Waals surface area contributed by atoms with Crippen molar-refractivity contribution in [3.05, 3.63) is 35.4 Å². The largest absolute Gasteiger partial charge is 0.355 e. The van der Waals surface area contributed by atoms with Crippen LogP contribution in [0.1, 0.15) is 63.0 Å². The molecule has 3 saturated heterocycles. The first-order valence-corrected chi connectivity index (χ1v) is 12.0. The summed E-state index contributed by atoms with van der Waals surface area (Å²) in [5.41, 5.74) is 2.66. The summed E-state index contributed by atoms with van der Waals surface area (Å²) in [6.07, 6.45) is 9.64. The molecule has 1 unspecified atom stereocenters. The van der Waals surface area contributed by atoms with Gasteiger partial charge >= 0.3 is 0 Å². The van der Waals surface area contributed by atoms with Gasteiger partial charge in [-0.15, -0.1) is 0 Å². The van der Waals surface area contributed by atoms with Gasteiger partial charge in [0, 0.05) is 19.6 Å². The van der Waals surface area contributed by atoms with Gasteiger partial charge in [0.1, 0.15) is 0 Å². The SMILES string of the molecule is C1CCNCC1.CCNC(=O)C1CCCN1.Cc1ccc(C)cc1.O=CN1CCCC1. The average Bonchev–Trinajstić information content (AvgIpc) is 3.53. The molecular formula is C25H44N4O2. The number of likely N-dealkylation sites (N-methyl/N-ethyl adjacent to an activating group) is 1. The summed E-state index contributed by atoms with van der Waals surface area (Å²) >= 11 is 0. The van der Waals surface area contributed by atoms with Gasteiger partial charge in [0.05, 0.1) is 6.04 Å². The van der Waals surface area contributed by atoms with Crippen molar-refractivity contribution in [2.24, 2.45) is 0 Å². The Labute approximate surface area is 189 Å². The molecule has 0 bridgehead atoms. The number of hydrogen-bond donors (Lipinski definition) is 3. The van der Waals surface area contributed by atoms with E-state index in [9.17, 15) is 9.59 Å². The highest BCUT2D eigenvalue weighted by Crippen LogP contribution is 2.04. The molecule has 0 aromatic heterocycles. The number of piperidine rings is 1. The standard InChI is InChI=1S/C8H10.C7H14N2O.C5H9NO.C5H11N/c1-7-3-5-8(2)6-4-7;1-2-8-7(10)6-4-3-5-9-6;7-5-6-3-1-2-4-6;1-2-4-6-5-3-1/h3-6H,1-2H3;6,9H,2-5H2,1H3,(H,8,10);5H,1-4H2;6H,1-5H2. The van der Waals surface area contributed by atoms with Gasteiger partial charge in [-0.05, 0) is 78.9 Å². The van der Waals surface area contributed by atoms with Gasteiger partial charge in [-0.2, -0.15) is 0 Å². The molecule has 0 aliphatic carbocycles. The number of hydrogen-bond acceptors (Lipinski definition) is 4. The quantitative estimate of drug-likeness (QED) is 0.642. The fourth-order valence-electron chi connectivity index (χ4n) is 3.49. The Kier molecular flexibility index (Phi) is 15.5. The van der Waals surface area contributed by atoms with E-state index < -0.39 is 0 Å². The maximum atomic E-state index is 11.1. The molecule has 1 atom stereocenters. The Bertz CT molecular complexity index is 543. The van der Waals surface area contributed by atoms with Crippen LogP contribution in [0.5, 0.6) is 0 Å². The van der Waals surface area contributed by atoms with E-state index in [4.69, 9.17) is 0 Å². The first-order chi connectivity index (χ1) is 15.1. The van der Waals surface area contributed by atoms with Gasteiger partial charge in [-0.1, -0.05) is 41.8 Å². The van der Waals surface area contributed by atoms with E-state index in [0.29, 0.717) is 0 Å². The van der Waals surface area contributed by atoms with Crippen molar-refractivity contribution < 1.29 is 9.59 Å². The highest BCUT2D eigenvalue weighted by molar-refractivity contribution is 5.81. The van der Waals surface area contributed by atoms with Crippen LogP contribution in [-0.2, 0) is 9.59 Å². The first kappa shape index (κ1) is 27.1. The van der Waals surface area contributed by atoms with Gasteiger partial charge < -0.3 is 20.9 Å². The number of carbonyl (C=O) groups excluding carboxylic acids is 2. The topological polar surface area (TPSA) is 73.5 Å². The molecule has 2 amide bonds. The maximum absolute atomic E-state index is 11.1. The van der Waals surface area contributed by atoms with Crippen LogP contribution in [-0.4, -0.2) is 62.5 Å². The van der Waals surface area contributed by atoms with E-state index in [0.717, 1.165) is 45.4 Å². The highest BCUT2D eigenvalue weighted by Gasteiger charge is 2.20. The molecule has 4 rings (SSSR count). The lowest BCUT2D eigenvalue weighted by atomic mass is 10.2. The van der Waals surface area contributed by atoms with E-state index >= 15 is 0 Å². The second kappa shape index (κ2) is 17.7. The van der Waals surface area contributed by atoms with Gasteiger partial charge in [0.2, 0.25) is 12.3 Å². The Hall–Kier alpha value is -1.92. The second-order valence-corrected chi connectivity index (χ2v) is 8.36. The summed E-state index contributed by atoms with van der Waals surface area (Å²) in [5, 5.41) is 9.20. The molecule has 3 fully saturated rings. The molecule has 3 heterocycles. The number of benzene rings is 1. The van der Waals surface area contributed by atoms with Crippen molar-refractivity contribution in [3.8, 4) is 0 Å². The zero-order valence-electron chi connectivity index (χ0n) is 19.9. The number of aryl methyl sites for hydroxylation is 2. The Morgan fingerprint density at radius 2 is 1.55 bits per heavy atom. The van der Waals surface area contributed by atoms with Crippen LogP contribution >= 0.6 is 0 Å². The smallest absolute Gasteiger partial charge is 0.237 e. The van der Waals surface area contributed by atoms with Crippen molar-refractivity contribution in [2.45, 2.75) is 71.8 Å². The number of carbonyl (C=O) groups is 2. The minimum absolute atomic E-state index is 0.0833. The van der Waals surface area contributed by atoms with Gasteiger partial charge in [0.25, 0.3) is 0 Å². The van der Waals surface area contributed by atoms with Crippen LogP contribution in [0.25, 0.3) is 0 Å². The maximum Gasteiger partial charge on any atom is 0.237 e. The van der Waals surface area contributed by atoms with Crippen LogP contribution < -0.4 is 16.0 Å². The fourth-order valence-corrected chi connectivity index (χ4v) is 3.49. The third-order valence-corrected chi connectivity index (χ3v) is 5.44. The molecule has 1 aromatic carbocycles.